The number of hydrogen-bond donors (Lipinski definition) is 1. The van der Waals surface area contributed by atoms with Crippen LogP contribution in [0.1, 0.15) is 6.92 Å². The minimum absolute atomic E-state index is 0.386. The summed E-state index contributed by atoms with van der Waals surface area (Å²) >= 11 is 9.19. The molecule has 0 bridgehead atoms. The van der Waals surface area contributed by atoms with Crippen LogP contribution in [0.3, 0.4) is 0 Å². The van der Waals surface area contributed by atoms with Gasteiger partial charge < -0.3 is 4.55 Å². The highest BCUT2D eigenvalue weighted by molar-refractivity contribution is 7.80. The van der Waals surface area contributed by atoms with Crippen molar-refractivity contribution in [1.82, 2.24) is 4.90 Å². The molecule has 0 radical (unpaired) electrons. The molecule has 6 heteroatoms. The van der Waals surface area contributed by atoms with Gasteiger partial charge in [-0.15, -0.1) is 29.8 Å². The fourth-order valence-corrected chi connectivity index (χ4v) is 2.02. The van der Waals surface area contributed by atoms with Crippen LogP contribution in [0.5, 0.6) is 0 Å². The molecule has 0 aromatic carbocycles. The number of rotatable bonds is 7. The van der Waals surface area contributed by atoms with E-state index < -0.39 is 16.0 Å². The lowest BCUT2D eigenvalue weighted by Crippen LogP contribution is -2.49. The molecule has 1 N–H and O–H groups in total. The lowest BCUT2D eigenvalue weighted by molar-refractivity contribution is 0.230. The standard InChI is InChI=1S/C8H15Cl2NO2S/c1-3-8(2,14(12)13)11(6-4-9)7-5-10/h3H,1,4-7H2,2H3,(H,12,13). The molecule has 0 aliphatic rings. The minimum Gasteiger partial charge on any atom is -0.304 e. The quantitative estimate of drug-likeness (QED) is 0.431. The average molecular weight is 260 g/mol. The first kappa shape index (κ1) is 14.4. The van der Waals surface area contributed by atoms with E-state index in [1.807, 2.05) is 0 Å². The summed E-state index contributed by atoms with van der Waals surface area (Å²) in [4.78, 5) is 0.764. The van der Waals surface area contributed by atoms with Gasteiger partial charge in [-0.25, -0.2) is 4.21 Å². The summed E-state index contributed by atoms with van der Waals surface area (Å²) in [7, 11) is 0. The summed E-state index contributed by atoms with van der Waals surface area (Å²) in [6.07, 6.45) is 1.45. The van der Waals surface area contributed by atoms with Crippen molar-refractivity contribution in [2.75, 3.05) is 24.8 Å². The summed E-state index contributed by atoms with van der Waals surface area (Å²) < 4.78 is 20.3. The lowest BCUT2D eigenvalue weighted by atomic mass is 10.2. The third-order valence-corrected chi connectivity index (χ3v) is 3.54. The molecule has 0 aromatic rings. The van der Waals surface area contributed by atoms with Crippen molar-refractivity contribution in [2.24, 2.45) is 0 Å². The third-order valence-electron chi connectivity index (χ3n) is 2.07. The molecule has 0 amide bonds. The molecule has 2 unspecified atom stereocenters. The van der Waals surface area contributed by atoms with Crippen LogP contribution < -0.4 is 0 Å². The Morgan fingerprint density at radius 2 is 1.93 bits per heavy atom. The molecule has 0 aliphatic heterocycles. The van der Waals surface area contributed by atoms with Crippen LogP contribution >= 0.6 is 23.2 Å². The van der Waals surface area contributed by atoms with E-state index in [0.717, 1.165) is 0 Å². The molecule has 0 heterocycles. The molecule has 0 rings (SSSR count). The second kappa shape index (κ2) is 6.80. The van der Waals surface area contributed by atoms with Crippen molar-refractivity contribution in [3.8, 4) is 0 Å². The molecule has 0 aliphatic carbocycles. The summed E-state index contributed by atoms with van der Waals surface area (Å²) in [5.41, 5.74) is 0. The molecule has 3 nitrogen and oxygen atoms in total. The summed E-state index contributed by atoms with van der Waals surface area (Å²) in [5.74, 6) is 0.773. The Labute approximate surface area is 97.3 Å². The molecule has 14 heavy (non-hydrogen) atoms. The van der Waals surface area contributed by atoms with Gasteiger partial charge in [-0.1, -0.05) is 6.08 Å². The Balaban J connectivity index is 4.72. The molecule has 0 saturated carbocycles. The number of alkyl halides is 2. The van der Waals surface area contributed by atoms with Crippen molar-refractivity contribution >= 4 is 34.3 Å². The first-order valence-electron chi connectivity index (χ1n) is 4.14. The van der Waals surface area contributed by atoms with E-state index in [1.54, 1.807) is 11.8 Å². The summed E-state index contributed by atoms with van der Waals surface area (Å²) in [6, 6.07) is 0. The maximum Gasteiger partial charge on any atom is 0.177 e. The number of hydrogen-bond acceptors (Lipinski definition) is 2. The van der Waals surface area contributed by atoms with Gasteiger partial charge in [0, 0.05) is 24.8 Å². The number of nitrogens with zero attached hydrogens (tertiary/aromatic N) is 1. The largest absolute Gasteiger partial charge is 0.304 e. The first-order valence-corrected chi connectivity index (χ1v) is 6.32. The molecule has 0 fully saturated rings. The smallest absolute Gasteiger partial charge is 0.177 e. The van der Waals surface area contributed by atoms with Gasteiger partial charge in [-0.2, -0.15) is 0 Å². The highest BCUT2D eigenvalue weighted by Gasteiger charge is 2.33. The van der Waals surface area contributed by atoms with Gasteiger partial charge in [-0.3, -0.25) is 4.90 Å². The van der Waals surface area contributed by atoms with E-state index in [-0.39, 0.29) is 0 Å². The summed E-state index contributed by atoms with van der Waals surface area (Å²) in [6.45, 7) is 6.20. The van der Waals surface area contributed by atoms with Crippen LogP contribution in [0, 0.1) is 0 Å². The zero-order chi connectivity index (χ0) is 11.2. The van der Waals surface area contributed by atoms with Crippen LogP contribution in [-0.2, 0) is 11.1 Å². The van der Waals surface area contributed by atoms with Gasteiger partial charge in [-0.05, 0) is 6.92 Å². The van der Waals surface area contributed by atoms with Gasteiger partial charge in [0.1, 0.15) is 4.87 Å². The second-order valence-corrected chi connectivity index (χ2v) is 4.95. The normalized spacial score (nSPS) is 17.8. The Bertz CT molecular complexity index is 210. The fourth-order valence-electron chi connectivity index (χ4n) is 1.07. The Morgan fingerprint density at radius 3 is 2.14 bits per heavy atom. The van der Waals surface area contributed by atoms with Crippen LogP contribution in [-0.4, -0.2) is 43.4 Å². The first-order chi connectivity index (χ1) is 6.52. The summed E-state index contributed by atoms with van der Waals surface area (Å²) in [5, 5.41) is 0. The Kier molecular flexibility index (Phi) is 6.99. The van der Waals surface area contributed by atoms with Gasteiger partial charge >= 0.3 is 0 Å². The predicted octanol–water partition coefficient (Wildman–Crippen LogP) is 1.89. The van der Waals surface area contributed by atoms with Gasteiger partial charge in [0.15, 0.2) is 11.1 Å². The molecule has 0 spiro atoms. The molecule has 84 valence electrons. The monoisotopic (exact) mass is 259 g/mol. The highest BCUT2D eigenvalue weighted by atomic mass is 35.5. The van der Waals surface area contributed by atoms with E-state index in [1.165, 1.54) is 6.08 Å². The fraction of sp³-hybridized carbons (Fsp3) is 0.750. The van der Waals surface area contributed by atoms with Gasteiger partial charge in [0.05, 0.1) is 0 Å². The lowest BCUT2D eigenvalue weighted by Gasteiger charge is -2.35. The maximum atomic E-state index is 11.2. The van der Waals surface area contributed by atoms with Crippen molar-refractivity contribution in [1.29, 1.82) is 0 Å². The van der Waals surface area contributed by atoms with Crippen molar-refractivity contribution in [2.45, 2.75) is 11.8 Å². The van der Waals surface area contributed by atoms with Crippen molar-refractivity contribution in [3.05, 3.63) is 12.7 Å². The maximum absolute atomic E-state index is 11.2. The van der Waals surface area contributed by atoms with Gasteiger partial charge in [0.25, 0.3) is 0 Å². The van der Waals surface area contributed by atoms with Crippen molar-refractivity contribution < 1.29 is 8.76 Å². The van der Waals surface area contributed by atoms with E-state index in [9.17, 15) is 4.21 Å². The van der Waals surface area contributed by atoms with E-state index >= 15 is 0 Å². The predicted molar refractivity (Wildman–Crippen MR) is 62.4 cm³/mol. The average Bonchev–Trinajstić information content (AvgIpc) is 2.16. The molecule has 0 aromatic heterocycles. The minimum atomic E-state index is -2.01. The topological polar surface area (TPSA) is 40.5 Å². The zero-order valence-electron chi connectivity index (χ0n) is 8.08. The highest BCUT2D eigenvalue weighted by Crippen LogP contribution is 2.19. The Hall–Kier alpha value is 0.390. The van der Waals surface area contributed by atoms with Crippen LogP contribution in [0.15, 0.2) is 12.7 Å². The SMILES string of the molecule is C=CC(C)(N(CCCl)CCCl)S(=O)O. The number of halogens is 2. The Morgan fingerprint density at radius 1 is 1.50 bits per heavy atom. The zero-order valence-corrected chi connectivity index (χ0v) is 10.4. The third kappa shape index (κ3) is 3.51. The van der Waals surface area contributed by atoms with Crippen LogP contribution in [0.4, 0.5) is 0 Å². The molecule has 2 atom stereocenters. The molecular formula is C8H15Cl2NO2S. The second-order valence-electron chi connectivity index (χ2n) is 2.87. The van der Waals surface area contributed by atoms with Crippen molar-refractivity contribution in [3.63, 3.8) is 0 Å². The van der Waals surface area contributed by atoms with Gasteiger partial charge in [0.2, 0.25) is 0 Å². The van der Waals surface area contributed by atoms with Crippen LogP contribution in [0.25, 0.3) is 0 Å². The molecular weight excluding hydrogens is 245 g/mol. The van der Waals surface area contributed by atoms with E-state index in [2.05, 4.69) is 6.58 Å². The molecule has 0 saturated heterocycles. The van der Waals surface area contributed by atoms with Crippen LogP contribution in [0.2, 0.25) is 0 Å². The van der Waals surface area contributed by atoms with E-state index in [0.29, 0.717) is 24.8 Å². The van der Waals surface area contributed by atoms with E-state index in [4.69, 9.17) is 27.8 Å².